The zero-order chi connectivity index (χ0) is 102. The van der Waals surface area contributed by atoms with E-state index in [1.165, 1.54) is 124 Å². The number of likely N-dealkylation sites (tertiary alicyclic amines) is 1. The van der Waals surface area contributed by atoms with E-state index in [-0.39, 0.29) is 64.8 Å². The third-order valence-electron chi connectivity index (χ3n) is 23.3. The third-order valence-corrected chi connectivity index (χ3v) is 37.2. The minimum absolute atomic E-state index is 0.0277. The van der Waals surface area contributed by atoms with Gasteiger partial charge < -0.3 is 31.1 Å². The van der Waals surface area contributed by atoms with Crippen LogP contribution in [0.25, 0.3) is 66.4 Å². The summed E-state index contributed by atoms with van der Waals surface area (Å²) in [4.78, 5) is 124. The summed E-state index contributed by atoms with van der Waals surface area (Å²) in [5, 5.41) is 15.4. The average Bonchev–Trinajstić information content (AvgIpc) is 1.45. The van der Waals surface area contributed by atoms with Gasteiger partial charge in [-0.05, 0) is 257 Å². The number of benzene rings is 8. The Kier molecular flexibility index (Phi) is 35.2. The molecule has 144 heavy (non-hydrogen) atoms. The fourth-order valence-electron chi connectivity index (χ4n) is 15.7. The summed E-state index contributed by atoms with van der Waals surface area (Å²) in [6.45, 7) is 9.66. The molecule has 0 amide bonds. The van der Waals surface area contributed by atoms with Crippen LogP contribution in [-0.2, 0) is 84.2 Å². The second kappa shape index (κ2) is 47.8. The molecule has 16 aromatic rings. The summed E-state index contributed by atoms with van der Waals surface area (Å²) in [6.07, 6.45) is 13.2. The van der Waals surface area contributed by atoms with Crippen molar-refractivity contribution < 1.29 is 52.8 Å². The van der Waals surface area contributed by atoms with Gasteiger partial charge in [0.05, 0.1) is 83.7 Å². The predicted molar refractivity (Wildman–Crippen MR) is 576 cm³/mol. The van der Waals surface area contributed by atoms with Crippen molar-refractivity contribution in [3.63, 3.8) is 0 Å². The van der Waals surface area contributed by atoms with Gasteiger partial charge in [0.2, 0.25) is 0 Å². The van der Waals surface area contributed by atoms with E-state index in [9.17, 15) is 72.0 Å². The summed E-state index contributed by atoms with van der Waals surface area (Å²) in [5.41, 5.74) is 10.4. The summed E-state index contributed by atoms with van der Waals surface area (Å²) in [7, 11) is -10.9. The predicted octanol–water partition coefficient (Wildman–Crippen LogP) is 17.3. The highest BCUT2D eigenvalue weighted by atomic mass is 35.5. The Hall–Kier alpha value is -12.1. The first-order valence-corrected chi connectivity index (χ1v) is 57.1. The van der Waals surface area contributed by atoms with E-state index >= 15 is 0 Å². The van der Waals surface area contributed by atoms with Crippen molar-refractivity contribution in [3.05, 3.63) is 325 Å². The number of thiophene rings is 4. The van der Waals surface area contributed by atoms with Gasteiger partial charge in [-0.15, -0.1) is 45.3 Å². The molecule has 0 unspecified atom stereocenters. The number of ketones is 4. The Morgan fingerprint density at radius 1 is 0.354 bits per heavy atom. The SMILES string of the molecule is CCCNc1ccc2c(=O)n(-c3ccc(CC(=O)CS(=O)(=O)c4ccc(Cl)s4)cc3)cnc2c1.CN(C)CCNc1ccc2c(=O)n(-c3ccc(CC(=O)CS(=O)(=O)c4ccc(Cl)s4)cc3)cnc2c1.O=C(Cc1ccc(-n2cnc3cc(NCC4CC4)ccc3c2=O)cc1)CS(=O)(=O)c1ccc(Cl)s1.O=C(Cc1ccc(-n2cnc3cc(NCCN4CCCCC4)ccc3c2=O)cc1)CS(=O)(=O)c1ccc(Cl)s1. The zero-order valence-electron chi connectivity index (χ0n) is 78.0. The second-order valence-corrected chi connectivity index (χ2v) is 50.4. The number of anilines is 4. The van der Waals surface area contributed by atoms with Crippen molar-refractivity contribution in [2.75, 3.05) is 111 Å². The van der Waals surface area contributed by atoms with Gasteiger partial charge in [0.25, 0.3) is 22.2 Å². The first-order valence-electron chi connectivity index (χ1n) is 45.7. The summed E-state index contributed by atoms with van der Waals surface area (Å²) in [6, 6.07) is 61.1. The Bertz CT molecular complexity index is 8190. The van der Waals surface area contributed by atoms with Crippen LogP contribution in [0.1, 0.15) is 67.7 Å². The lowest BCUT2D eigenvalue weighted by molar-refractivity contribution is -0.116. The standard InChI is InChI=1S/C28H29ClN4O4S2.C25H25ClN4O4S2.C25H22ClN3O4S2.C24H22ClN3O4S2/c29-26-10-11-27(38-26)39(36,37)18-23(34)16-20-4-7-22(8-5-20)33-19-31-25-17-21(6-9-24(25)28(33)35)30-12-15-32-13-2-1-3-14-32;1-29(2)12-11-27-18-5-8-21-22(14-18)28-16-30(25(21)32)19-6-3-17(4-7-19)13-20(31)15-36(33,34)24-10-9-23(26)35-24;26-23-9-10-24(34-23)35(32,33)14-20(30)11-16-3-6-19(7-4-16)29-15-28-22-12-18(27-13-17-1-2-17)5-8-21(22)25(29)31;1-2-11-26-17-5-8-20-21(13-17)27-15-28(24(20)30)18-6-3-16(4-7-18)12-19(29)14-34(31,32)23-10-9-22(25)33-23/h4-11,17,19,30H,1-3,12-16,18H2;3-10,14,16,27H,11-13,15H2,1-2H3;3-10,12,15,17,27H,1-2,11,13-14H2;3-10,13,15,26H,2,11-12,14H2,1H3. The van der Waals surface area contributed by atoms with Crippen LogP contribution in [0, 0.1) is 5.92 Å². The molecule has 4 N–H and O–H groups in total. The largest absolute Gasteiger partial charge is 0.385 e. The molecule has 18 rings (SSSR count). The number of rotatable bonds is 38. The zero-order valence-corrected chi connectivity index (χ0v) is 87.6. The van der Waals surface area contributed by atoms with Gasteiger partial charge in [0.1, 0.15) is 65.2 Å². The maximum Gasteiger partial charge on any atom is 0.265 e. The van der Waals surface area contributed by atoms with E-state index < -0.39 is 85.5 Å². The molecular weight excluding hydrogens is 2080 g/mol. The van der Waals surface area contributed by atoms with E-state index in [0.717, 1.165) is 133 Å². The summed E-state index contributed by atoms with van der Waals surface area (Å²) in [5.74, 6) is -3.29. The van der Waals surface area contributed by atoms with Crippen molar-refractivity contribution in [2.45, 2.75) is 88.0 Å². The minimum atomic E-state index is -3.73. The van der Waals surface area contributed by atoms with Crippen molar-refractivity contribution in [1.82, 2.24) is 48.0 Å². The lowest BCUT2D eigenvalue weighted by atomic mass is 10.1. The second-order valence-electron chi connectivity index (χ2n) is 34.7. The molecule has 1 saturated carbocycles. The molecule has 0 spiro atoms. The molecule has 0 atom stereocenters. The minimum Gasteiger partial charge on any atom is -0.385 e. The number of likely N-dealkylation sites (N-methyl/N-ethyl adjacent to an activating group) is 1. The number of carbonyl (C=O) groups is 4. The third kappa shape index (κ3) is 28.3. The number of sulfone groups is 4. The smallest absolute Gasteiger partial charge is 0.265 e. The Balaban J connectivity index is 0.000000145. The maximum absolute atomic E-state index is 13.2. The van der Waals surface area contributed by atoms with Crippen LogP contribution < -0.4 is 43.5 Å². The molecule has 9 heterocycles. The summed E-state index contributed by atoms with van der Waals surface area (Å²) >= 11 is 27.0. The van der Waals surface area contributed by atoms with Crippen molar-refractivity contribution in [2.24, 2.45) is 5.92 Å². The molecule has 0 radical (unpaired) electrons. The van der Waals surface area contributed by atoms with Crippen LogP contribution in [-0.4, -0.2) is 194 Å². The number of halogens is 4. The molecular formula is C102H98Cl4N14O16S8. The van der Waals surface area contributed by atoms with Crippen molar-refractivity contribution in [1.29, 1.82) is 0 Å². The number of hydrogen-bond acceptors (Lipinski definition) is 30. The first kappa shape index (κ1) is 106. The van der Waals surface area contributed by atoms with Gasteiger partial charge in [-0.25, -0.2) is 53.6 Å². The first-order chi connectivity index (χ1) is 68.9. The van der Waals surface area contributed by atoms with Crippen LogP contribution in [0.4, 0.5) is 22.7 Å². The molecule has 0 bridgehead atoms. The lowest BCUT2D eigenvalue weighted by Crippen LogP contribution is -2.33. The topological polar surface area (TPSA) is 399 Å². The highest BCUT2D eigenvalue weighted by Gasteiger charge is 2.28. The van der Waals surface area contributed by atoms with Gasteiger partial charge in [-0.1, -0.05) is 108 Å². The van der Waals surface area contributed by atoms with Crippen LogP contribution in [0.3, 0.4) is 0 Å². The number of nitrogens with one attached hydrogen (secondary N) is 4. The molecule has 42 heteroatoms. The molecule has 1 aliphatic carbocycles. The average molecular weight is 2170 g/mol. The van der Waals surface area contributed by atoms with Crippen LogP contribution in [0.15, 0.2) is 280 Å². The number of hydrogen-bond donors (Lipinski definition) is 4. The fraction of sp³-hybridized carbons (Fsp3) is 0.255. The van der Waals surface area contributed by atoms with Gasteiger partial charge in [0, 0.05) is 87.7 Å². The van der Waals surface area contributed by atoms with Gasteiger partial charge in [-0.3, -0.25) is 56.6 Å². The van der Waals surface area contributed by atoms with Crippen LogP contribution in [0.5, 0.6) is 0 Å². The number of carbonyl (C=O) groups excluding carboxylic acids is 4. The maximum atomic E-state index is 13.2. The van der Waals surface area contributed by atoms with E-state index in [1.54, 1.807) is 121 Å². The van der Waals surface area contributed by atoms with Crippen molar-refractivity contribution in [3.8, 4) is 22.7 Å². The lowest BCUT2D eigenvalue weighted by Gasteiger charge is -2.26. The molecule has 1 aliphatic heterocycles. The van der Waals surface area contributed by atoms with Gasteiger partial charge in [-0.2, -0.15) is 0 Å². The molecule has 8 aromatic heterocycles. The van der Waals surface area contributed by atoms with E-state index in [2.05, 4.69) is 57.9 Å². The fourth-order valence-corrected chi connectivity index (χ4v) is 26.9. The van der Waals surface area contributed by atoms with E-state index in [4.69, 9.17) is 46.4 Å². The van der Waals surface area contributed by atoms with Gasteiger partial charge in [0.15, 0.2) is 62.5 Å². The molecule has 1 saturated heterocycles. The Morgan fingerprint density at radius 2 is 0.625 bits per heavy atom. The number of nitrogens with zero attached hydrogens (tertiary/aromatic N) is 10. The molecule has 2 aliphatic rings. The number of fused-ring (bicyclic) bond motifs is 4. The molecule has 8 aromatic carbocycles. The number of piperidine rings is 1. The monoisotopic (exact) mass is 2170 g/mol. The Labute approximate surface area is 866 Å². The van der Waals surface area contributed by atoms with Gasteiger partial charge >= 0.3 is 0 Å². The highest BCUT2D eigenvalue weighted by molar-refractivity contribution is 7.95. The number of Topliss-reactive ketones (excluding diaryl/α,β-unsaturated/α-hetero) is 4. The summed E-state index contributed by atoms with van der Waals surface area (Å²) < 4.78 is 107. The molecule has 2 fully saturated rings. The van der Waals surface area contributed by atoms with E-state index in [0.29, 0.717) is 106 Å². The Morgan fingerprint density at radius 3 is 0.882 bits per heavy atom. The van der Waals surface area contributed by atoms with Crippen LogP contribution in [0.2, 0.25) is 17.3 Å². The normalized spacial score (nSPS) is 12.9. The van der Waals surface area contributed by atoms with Crippen LogP contribution >= 0.6 is 91.8 Å². The molecule has 30 nitrogen and oxygen atoms in total. The van der Waals surface area contributed by atoms with Crippen molar-refractivity contribution >= 4 is 221 Å². The number of aromatic nitrogens is 8. The quantitative estimate of drug-likeness (QED) is 0.0279. The molecule has 748 valence electrons. The highest BCUT2D eigenvalue weighted by Crippen LogP contribution is 2.34. The van der Waals surface area contributed by atoms with E-state index in [1.807, 2.05) is 62.6 Å².